The third-order valence-corrected chi connectivity index (χ3v) is 8.49. The zero-order valence-corrected chi connectivity index (χ0v) is 28.2. The Bertz CT molecular complexity index is 1510. The monoisotopic (exact) mass is 662 g/mol. The van der Waals surface area contributed by atoms with Crippen LogP contribution >= 0.6 is 0 Å². The Hall–Kier alpha value is -4.48. The average molecular weight is 663 g/mol. The molecule has 0 unspecified atom stereocenters. The number of nitrogens with one attached hydrogen (secondary N) is 2. The minimum absolute atomic E-state index is 0.0311. The molecule has 10 nitrogen and oxygen atoms in total. The molecule has 1 heterocycles. The number of amides is 4. The van der Waals surface area contributed by atoms with Crippen molar-refractivity contribution in [2.75, 3.05) is 44.0 Å². The Morgan fingerprint density at radius 2 is 1.71 bits per heavy atom. The van der Waals surface area contributed by atoms with Gasteiger partial charge in [-0.2, -0.15) is 0 Å². The number of anilines is 2. The van der Waals surface area contributed by atoms with Crippen molar-refractivity contribution in [1.29, 1.82) is 0 Å². The molecule has 4 rings (SSSR count). The van der Waals surface area contributed by atoms with E-state index in [1.165, 1.54) is 24.3 Å². The minimum Gasteiger partial charge on any atom is -0.490 e. The molecule has 3 N–H and O–H groups in total. The SMILES string of the molecule is C[C@@H]1CCCCO[C@@H](CN(C)C(=O)Cc2ccccc2)[C@H](C)CN([C@H](C)CO)C(=O)c2cc(NC(=O)Nc3ccc(F)cc3)ccc2O1. The molecular weight excluding hydrogens is 615 g/mol. The van der Waals surface area contributed by atoms with E-state index in [0.717, 1.165) is 24.8 Å². The van der Waals surface area contributed by atoms with Gasteiger partial charge < -0.3 is 35.0 Å². The maximum atomic E-state index is 14.3. The first-order valence-electron chi connectivity index (χ1n) is 16.5. The number of urea groups is 1. The molecule has 0 spiro atoms. The Morgan fingerprint density at radius 1 is 1.02 bits per heavy atom. The molecule has 0 saturated heterocycles. The van der Waals surface area contributed by atoms with Crippen molar-refractivity contribution < 1.29 is 33.4 Å². The van der Waals surface area contributed by atoms with Crippen LogP contribution in [0, 0.1) is 11.7 Å². The standard InChI is InChI=1S/C37H47FN4O6/c1-25-22-42(26(2)24-43)36(45)32-21-31(40-37(46)39-30-15-13-29(38)14-16-30)17-18-33(32)48-27(3)10-8-9-19-47-34(25)23-41(4)35(44)20-28-11-6-5-7-12-28/h5-7,11-18,21,25-27,34,43H,8-10,19-20,22-24H2,1-4H3,(H2,39,40,46)/t25-,26-,27-,34+/m1/s1. The molecule has 0 saturated carbocycles. The highest BCUT2D eigenvalue weighted by Gasteiger charge is 2.31. The predicted octanol–water partition coefficient (Wildman–Crippen LogP) is 5.97. The quantitative estimate of drug-likeness (QED) is 0.274. The summed E-state index contributed by atoms with van der Waals surface area (Å²) >= 11 is 0. The molecule has 3 aromatic rings. The van der Waals surface area contributed by atoms with Gasteiger partial charge in [0.1, 0.15) is 11.6 Å². The third kappa shape index (κ3) is 10.5. The average Bonchev–Trinajstić information content (AvgIpc) is 3.07. The van der Waals surface area contributed by atoms with Crippen molar-refractivity contribution >= 4 is 29.2 Å². The van der Waals surface area contributed by atoms with Crippen LogP contribution in [0.4, 0.5) is 20.6 Å². The van der Waals surface area contributed by atoms with Gasteiger partial charge in [0.05, 0.1) is 36.8 Å². The fourth-order valence-electron chi connectivity index (χ4n) is 5.57. The van der Waals surface area contributed by atoms with Crippen LogP contribution in [-0.2, 0) is 16.0 Å². The summed E-state index contributed by atoms with van der Waals surface area (Å²) in [7, 11) is 1.77. The Balaban J connectivity index is 1.57. The Kier molecular flexibility index (Phi) is 13.3. The molecule has 11 heteroatoms. The van der Waals surface area contributed by atoms with Gasteiger partial charge >= 0.3 is 6.03 Å². The lowest BCUT2D eigenvalue weighted by Gasteiger charge is -2.36. The number of aliphatic hydroxyl groups is 1. The van der Waals surface area contributed by atoms with Crippen LogP contribution < -0.4 is 15.4 Å². The van der Waals surface area contributed by atoms with Crippen molar-refractivity contribution in [2.24, 2.45) is 5.92 Å². The zero-order valence-electron chi connectivity index (χ0n) is 28.2. The van der Waals surface area contributed by atoms with Crippen molar-refractivity contribution in [3.05, 3.63) is 89.7 Å². The number of aliphatic hydroxyl groups excluding tert-OH is 1. The summed E-state index contributed by atoms with van der Waals surface area (Å²) in [6.07, 6.45) is 2.06. The lowest BCUT2D eigenvalue weighted by molar-refractivity contribution is -0.131. The van der Waals surface area contributed by atoms with Crippen LogP contribution in [0.5, 0.6) is 5.75 Å². The maximum absolute atomic E-state index is 14.3. The van der Waals surface area contributed by atoms with Crippen LogP contribution in [0.3, 0.4) is 0 Å². The highest BCUT2D eigenvalue weighted by molar-refractivity contribution is 6.02. The number of hydrogen-bond acceptors (Lipinski definition) is 6. The summed E-state index contributed by atoms with van der Waals surface area (Å²) in [6.45, 7) is 6.49. The number of likely N-dealkylation sites (N-methyl/N-ethyl adjacent to an activating group) is 1. The summed E-state index contributed by atoms with van der Waals surface area (Å²) in [4.78, 5) is 43.5. The first kappa shape index (κ1) is 36.4. The molecule has 0 aromatic heterocycles. The smallest absolute Gasteiger partial charge is 0.323 e. The molecule has 48 heavy (non-hydrogen) atoms. The molecule has 3 aromatic carbocycles. The number of carbonyl (C=O) groups excluding carboxylic acids is 3. The van der Waals surface area contributed by atoms with Gasteiger partial charge in [-0.05, 0) is 81.1 Å². The van der Waals surface area contributed by atoms with Crippen molar-refractivity contribution in [3.8, 4) is 5.75 Å². The van der Waals surface area contributed by atoms with Crippen LogP contribution in [0.2, 0.25) is 0 Å². The first-order chi connectivity index (χ1) is 23.0. The van der Waals surface area contributed by atoms with E-state index in [1.807, 2.05) is 44.2 Å². The molecular formula is C37H47FN4O6. The molecule has 0 fully saturated rings. The summed E-state index contributed by atoms with van der Waals surface area (Å²) in [6, 6.07) is 18.7. The van der Waals surface area contributed by atoms with E-state index < -0.39 is 17.9 Å². The van der Waals surface area contributed by atoms with Crippen molar-refractivity contribution in [1.82, 2.24) is 9.80 Å². The van der Waals surface area contributed by atoms with Crippen LogP contribution in [0.25, 0.3) is 0 Å². The molecule has 0 aliphatic carbocycles. The van der Waals surface area contributed by atoms with Crippen LogP contribution in [0.1, 0.15) is 56.0 Å². The van der Waals surface area contributed by atoms with Gasteiger partial charge in [0.15, 0.2) is 0 Å². The topological polar surface area (TPSA) is 120 Å². The van der Waals surface area contributed by atoms with E-state index in [9.17, 15) is 23.9 Å². The Labute approximate surface area is 282 Å². The number of halogens is 1. The summed E-state index contributed by atoms with van der Waals surface area (Å²) < 4.78 is 25.9. The van der Waals surface area contributed by atoms with Gasteiger partial charge in [-0.15, -0.1) is 0 Å². The molecule has 4 amide bonds. The maximum Gasteiger partial charge on any atom is 0.323 e. The molecule has 4 atom stereocenters. The first-order valence-corrected chi connectivity index (χ1v) is 16.5. The lowest BCUT2D eigenvalue weighted by Crippen LogP contribution is -2.48. The number of nitrogens with zero attached hydrogens (tertiary/aromatic N) is 2. The third-order valence-electron chi connectivity index (χ3n) is 8.49. The second-order valence-electron chi connectivity index (χ2n) is 12.5. The minimum atomic E-state index is -0.565. The normalized spacial score (nSPS) is 19.7. The lowest BCUT2D eigenvalue weighted by atomic mass is 10.0. The van der Waals surface area contributed by atoms with E-state index in [0.29, 0.717) is 30.3 Å². The van der Waals surface area contributed by atoms with Gasteiger partial charge in [0.2, 0.25) is 5.91 Å². The van der Waals surface area contributed by atoms with E-state index in [2.05, 4.69) is 10.6 Å². The van der Waals surface area contributed by atoms with Gasteiger partial charge in [-0.25, -0.2) is 9.18 Å². The number of hydrogen-bond donors (Lipinski definition) is 3. The molecule has 0 radical (unpaired) electrons. The predicted molar refractivity (Wildman–Crippen MR) is 184 cm³/mol. The number of benzene rings is 3. The number of rotatable bonds is 8. The number of fused-ring (bicyclic) bond motifs is 1. The largest absolute Gasteiger partial charge is 0.490 e. The van der Waals surface area contributed by atoms with Gasteiger partial charge in [0, 0.05) is 44.0 Å². The van der Waals surface area contributed by atoms with Crippen LogP contribution in [0.15, 0.2) is 72.8 Å². The summed E-state index contributed by atoms with van der Waals surface area (Å²) in [5.41, 5.74) is 1.92. The van der Waals surface area contributed by atoms with E-state index >= 15 is 0 Å². The number of carbonyl (C=O) groups is 3. The second-order valence-corrected chi connectivity index (χ2v) is 12.5. The van der Waals surface area contributed by atoms with Crippen LogP contribution in [-0.4, -0.2) is 84.4 Å². The molecule has 258 valence electrons. The van der Waals surface area contributed by atoms with Gasteiger partial charge in [0.25, 0.3) is 5.91 Å². The highest BCUT2D eigenvalue weighted by atomic mass is 19.1. The van der Waals surface area contributed by atoms with E-state index in [-0.39, 0.29) is 55.1 Å². The van der Waals surface area contributed by atoms with E-state index in [1.54, 1.807) is 42.0 Å². The Morgan fingerprint density at radius 3 is 2.42 bits per heavy atom. The van der Waals surface area contributed by atoms with Crippen molar-refractivity contribution in [3.63, 3.8) is 0 Å². The van der Waals surface area contributed by atoms with E-state index in [4.69, 9.17) is 9.47 Å². The fraction of sp³-hybridized carbons (Fsp3) is 0.432. The summed E-state index contributed by atoms with van der Waals surface area (Å²) in [5, 5.41) is 15.6. The fourth-order valence-corrected chi connectivity index (χ4v) is 5.57. The number of ether oxygens (including phenoxy) is 2. The molecule has 1 aliphatic rings. The highest BCUT2D eigenvalue weighted by Crippen LogP contribution is 2.29. The van der Waals surface area contributed by atoms with Gasteiger partial charge in [-0.1, -0.05) is 37.3 Å². The second kappa shape index (κ2) is 17.6. The molecule has 0 bridgehead atoms. The van der Waals surface area contributed by atoms with Gasteiger partial charge in [-0.3, -0.25) is 9.59 Å². The zero-order chi connectivity index (χ0) is 34.6. The molecule has 1 aliphatic heterocycles. The summed E-state index contributed by atoms with van der Waals surface area (Å²) in [5.74, 6) is -0.661. The van der Waals surface area contributed by atoms with Crippen molar-refractivity contribution in [2.45, 2.75) is 64.7 Å².